The summed E-state index contributed by atoms with van der Waals surface area (Å²) in [6, 6.07) is 4.10. The number of anilines is 1. The van der Waals surface area contributed by atoms with E-state index in [9.17, 15) is 19.8 Å². The van der Waals surface area contributed by atoms with Gasteiger partial charge in [-0.3, -0.25) is 15.4 Å². The lowest BCUT2D eigenvalue weighted by atomic mass is 10.2. The number of aliphatic carboxylic acids is 1. The number of aromatic nitrogens is 4. The lowest BCUT2D eigenvalue weighted by Gasteiger charge is -2.14. The number of pyridine rings is 2. The van der Waals surface area contributed by atoms with Crippen LogP contribution in [-0.4, -0.2) is 49.5 Å². The minimum Gasteiger partial charge on any atom is -0.479 e. The third kappa shape index (κ3) is 3.77. The number of aliphatic hydroxyl groups is 1. The van der Waals surface area contributed by atoms with Crippen molar-refractivity contribution in [3.05, 3.63) is 41.9 Å². The largest absolute Gasteiger partial charge is 0.479 e. The van der Waals surface area contributed by atoms with E-state index in [0.29, 0.717) is 10.9 Å². The number of carbonyl (C=O) groups is 2. The average Bonchev–Trinajstić information content (AvgIpc) is 3.09. The Kier molecular flexibility index (Phi) is 5.13. The Labute approximate surface area is 152 Å². The van der Waals surface area contributed by atoms with E-state index in [1.54, 1.807) is 12.1 Å². The number of nitrogens with zero attached hydrogens (tertiary/aromatic N) is 3. The molecule has 0 saturated heterocycles. The van der Waals surface area contributed by atoms with E-state index in [1.165, 1.54) is 25.4 Å². The van der Waals surface area contributed by atoms with Gasteiger partial charge in [-0.05, 0) is 12.1 Å². The lowest BCUT2D eigenvalue weighted by molar-refractivity contribution is -0.139. The molecule has 0 saturated carbocycles. The van der Waals surface area contributed by atoms with E-state index >= 15 is 0 Å². The van der Waals surface area contributed by atoms with Crippen LogP contribution in [0.15, 0.2) is 30.5 Å². The van der Waals surface area contributed by atoms with Gasteiger partial charge in [0.25, 0.3) is 0 Å². The summed E-state index contributed by atoms with van der Waals surface area (Å²) in [6.07, 6.45) is 1.43. The molecule has 1 atom stereocenters. The third-order valence-electron chi connectivity index (χ3n) is 3.68. The normalized spacial score (nSPS) is 11.8. The fourth-order valence-electron chi connectivity index (χ4n) is 2.51. The highest BCUT2D eigenvalue weighted by Gasteiger charge is 2.23. The molecule has 27 heavy (non-hydrogen) atoms. The second-order valence-corrected chi connectivity index (χ2v) is 5.39. The smallest absolute Gasteiger partial charge is 0.332 e. The highest BCUT2D eigenvalue weighted by atomic mass is 16.5. The van der Waals surface area contributed by atoms with Crippen molar-refractivity contribution >= 4 is 28.7 Å². The van der Waals surface area contributed by atoms with Crippen LogP contribution in [0.3, 0.4) is 0 Å². The number of carboxylic acid groups (broad SMARTS) is 1. The van der Waals surface area contributed by atoms with E-state index in [0.717, 1.165) is 0 Å². The summed E-state index contributed by atoms with van der Waals surface area (Å²) >= 11 is 0. The van der Waals surface area contributed by atoms with Crippen LogP contribution in [0.5, 0.6) is 5.88 Å². The standard InChI is InChI=1S/C16H16N6O5/c1-27-14-12-9(21-22-14)6-11(18-10(12)7-23)19-16(26)20-13(15(24)25)8-4-2-3-5-17-8/h2-6,13,23H,7H2,1H3,(H,21,22)(H,24,25)(H2,18,19,20,26)/t13-/m0/s1. The van der Waals surface area contributed by atoms with Crippen LogP contribution in [0.2, 0.25) is 0 Å². The molecule has 11 heteroatoms. The van der Waals surface area contributed by atoms with Gasteiger partial charge < -0.3 is 20.3 Å². The number of fused-ring (bicyclic) bond motifs is 1. The van der Waals surface area contributed by atoms with E-state index in [4.69, 9.17) is 4.74 Å². The van der Waals surface area contributed by atoms with Crippen LogP contribution in [0.1, 0.15) is 17.4 Å². The zero-order valence-corrected chi connectivity index (χ0v) is 14.1. The maximum Gasteiger partial charge on any atom is 0.332 e. The quantitative estimate of drug-likeness (QED) is 0.424. The molecule has 0 radical (unpaired) electrons. The van der Waals surface area contributed by atoms with E-state index < -0.39 is 24.6 Å². The molecule has 3 rings (SSSR count). The highest BCUT2D eigenvalue weighted by Crippen LogP contribution is 2.27. The zero-order chi connectivity index (χ0) is 19.4. The molecule has 3 aromatic heterocycles. The van der Waals surface area contributed by atoms with E-state index in [-0.39, 0.29) is 23.1 Å². The van der Waals surface area contributed by atoms with Crippen LogP contribution >= 0.6 is 0 Å². The molecule has 140 valence electrons. The minimum atomic E-state index is -1.33. The Bertz CT molecular complexity index is 974. The predicted molar refractivity (Wildman–Crippen MR) is 93.1 cm³/mol. The average molecular weight is 372 g/mol. The predicted octanol–water partition coefficient (Wildman–Crippen LogP) is 0.801. The number of urea groups is 1. The molecule has 0 aliphatic heterocycles. The van der Waals surface area contributed by atoms with Gasteiger partial charge in [-0.1, -0.05) is 6.07 Å². The first kappa shape index (κ1) is 18.1. The van der Waals surface area contributed by atoms with Crippen molar-refractivity contribution in [2.75, 3.05) is 12.4 Å². The number of rotatable bonds is 6. The Morgan fingerprint density at radius 1 is 1.37 bits per heavy atom. The summed E-state index contributed by atoms with van der Waals surface area (Å²) in [6.45, 7) is -0.408. The number of hydrogen-bond donors (Lipinski definition) is 5. The second kappa shape index (κ2) is 7.66. The van der Waals surface area contributed by atoms with Gasteiger partial charge in [0.1, 0.15) is 5.82 Å². The summed E-state index contributed by atoms with van der Waals surface area (Å²) in [5.74, 6) is -0.902. The Morgan fingerprint density at radius 3 is 2.81 bits per heavy atom. The molecule has 11 nitrogen and oxygen atoms in total. The number of carbonyl (C=O) groups excluding carboxylic acids is 1. The van der Waals surface area contributed by atoms with Crippen molar-refractivity contribution in [1.29, 1.82) is 0 Å². The number of nitrogens with one attached hydrogen (secondary N) is 3. The van der Waals surface area contributed by atoms with Gasteiger partial charge in [-0.15, -0.1) is 5.10 Å². The monoisotopic (exact) mass is 372 g/mol. The number of aliphatic hydroxyl groups excluding tert-OH is 1. The van der Waals surface area contributed by atoms with Crippen LogP contribution in [0, 0.1) is 0 Å². The van der Waals surface area contributed by atoms with Crippen molar-refractivity contribution in [2.45, 2.75) is 12.6 Å². The number of H-pyrrole nitrogens is 1. The third-order valence-corrected chi connectivity index (χ3v) is 3.68. The van der Waals surface area contributed by atoms with Gasteiger partial charge in [-0.25, -0.2) is 14.6 Å². The second-order valence-electron chi connectivity index (χ2n) is 5.39. The number of ether oxygens (including phenoxy) is 1. The van der Waals surface area contributed by atoms with E-state index in [2.05, 4.69) is 30.8 Å². The minimum absolute atomic E-state index is 0.0977. The maximum atomic E-state index is 12.2. The summed E-state index contributed by atoms with van der Waals surface area (Å²) in [5.41, 5.74) is 0.909. The maximum absolute atomic E-state index is 12.2. The molecule has 3 aromatic rings. The summed E-state index contributed by atoms with van der Waals surface area (Å²) < 4.78 is 5.09. The number of amides is 2. The van der Waals surface area contributed by atoms with Crippen molar-refractivity contribution < 1.29 is 24.5 Å². The lowest BCUT2D eigenvalue weighted by Crippen LogP contribution is -2.37. The number of carboxylic acids is 1. The first-order valence-corrected chi connectivity index (χ1v) is 7.77. The van der Waals surface area contributed by atoms with Crippen LogP contribution in [0.4, 0.5) is 10.6 Å². The first-order chi connectivity index (χ1) is 13.0. The SMILES string of the molecule is COc1n[nH]c2cc(NC(=O)N[C@H](C(=O)O)c3ccccn3)nc(CO)c12. The van der Waals surface area contributed by atoms with Crippen molar-refractivity contribution in [3.63, 3.8) is 0 Å². The molecular weight excluding hydrogens is 356 g/mol. The molecular formula is C16H16N6O5. The molecule has 0 aliphatic carbocycles. The molecule has 0 fully saturated rings. The van der Waals surface area contributed by atoms with Crippen molar-refractivity contribution in [3.8, 4) is 5.88 Å². The molecule has 2 amide bonds. The van der Waals surface area contributed by atoms with Gasteiger partial charge in [0.2, 0.25) is 5.88 Å². The highest BCUT2D eigenvalue weighted by molar-refractivity contribution is 5.94. The fourth-order valence-corrected chi connectivity index (χ4v) is 2.51. The van der Waals surface area contributed by atoms with Gasteiger partial charge >= 0.3 is 12.0 Å². The molecule has 3 heterocycles. The molecule has 0 bridgehead atoms. The topological polar surface area (TPSA) is 162 Å². The summed E-state index contributed by atoms with van der Waals surface area (Å²) in [5, 5.41) is 30.8. The van der Waals surface area contributed by atoms with Gasteiger partial charge in [0.05, 0.1) is 36.0 Å². The Hall–Kier alpha value is -3.73. The molecule has 0 aromatic carbocycles. The number of hydrogen-bond acceptors (Lipinski definition) is 7. The molecule has 0 unspecified atom stereocenters. The Balaban J connectivity index is 1.82. The van der Waals surface area contributed by atoms with Crippen LogP contribution in [-0.2, 0) is 11.4 Å². The summed E-state index contributed by atoms with van der Waals surface area (Å²) in [7, 11) is 1.43. The molecule has 0 aliphatic rings. The molecule has 0 spiro atoms. The number of methoxy groups -OCH3 is 1. The first-order valence-electron chi connectivity index (χ1n) is 7.77. The number of aromatic amines is 1. The fraction of sp³-hybridized carbons (Fsp3) is 0.188. The van der Waals surface area contributed by atoms with E-state index in [1.807, 2.05) is 0 Å². The summed E-state index contributed by atoms with van der Waals surface area (Å²) in [4.78, 5) is 31.8. The van der Waals surface area contributed by atoms with Crippen molar-refractivity contribution in [1.82, 2.24) is 25.5 Å². The van der Waals surface area contributed by atoms with Gasteiger partial charge in [0, 0.05) is 12.3 Å². The van der Waals surface area contributed by atoms with Gasteiger partial charge in [-0.2, -0.15) is 0 Å². The molecule has 5 N–H and O–H groups in total. The van der Waals surface area contributed by atoms with Gasteiger partial charge in [0.15, 0.2) is 6.04 Å². The van der Waals surface area contributed by atoms with Crippen LogP contribution < -0.4 is 15.4 Å². The van der Waals surface area contributed by atoms with Crippen molar-refractivity contribution in [2.24, 2.45) is 0 Å². The van der Waals surface area contributed by atoms with Crippen LogP contribution in [0.25, 0.3) is 10.9 Å². The Morgan fingerprint density at radius 2 is 2.19 bits per heavy atom. The zero-order valence-electron chi connectivity index (χ0n) is 14.1.